The number of nitrogens with zero attached hydrogens (tertiary/aromatic N) is 1. The topological polar surface area (TPSA) is 76.1 Å². The zero-order chi connectivity index (χ0) is 10.3. The van der Waals surface area contributed by atoms with E-state index in [1.54, 1.807) is 6.92 Å². The molecule has 0 aliphatic carbocycles. The van der Waals surface area contributed by atoms with Gasteiger partial charge in [0.05, 0.1) is 0 Å². The highest BCUT2D eigenvalue weighted by Crippen LogP contribution is 2.18. The minimum absolute atomic E-state index is 0.542. The molecule has 0 fully saturated rings. The van der Waals surface area contributed by atoms with Gasteiger partial charge in [-0.15, -0.1) is 0 Å². The summed E-state index contributed by atoms with van der Waals surface area (Å²) in [5.41, 5.74) is 3.79. The fourth-order valence-corrected chi connectivity index (χ4v) is 1.06. The van der Waals surface area contributed by atoms with Gasteiger partial charge in [0.1, 0.15) is 6.07 Å². The maximum Gasteiger partial charge on any atom is 0.406 e. The fourth-order valence-electron chi connectivity index (χ4n) is 1.06. The molecule has 2 N–H and O–H groups in total. The van der Waals surface area contributed by atoms with Crippen molar-refractivity contribution in [3.05, 3.63) is 0 Å². The summed E-state index contributed by atoms with van der Waals surface area (Å²) in [4.78, 5) is 10.5. The summed E-state index contributed by atoms with van der Waals surface area (Å²) in [6.45, 7) is 3.64. The average Bonchev–Trinajstić information content (AvgIpc) is 2.04. The van der Waals surface area contributed by atoms with Gasteiger partial charge >= 0.3 is 6.09 Å². The van der Waals surface area contributed by atoms with Gasteiger partial charge in [0.25, 0.3) is 0 Å². The number of unbranched alkanes of at least 4 members (excludes halogenated alkanes) is 2. The summed E-state index contributed by atoms with van der Waals surface area (Å²) >= 11 is 0. The van der Waals surface area contributed by atoms with E-state index in [1.807, 2.05) is 6.07 Å². The summed E-state index contributed by atoms with van der Waals surface area (Å²) in [6, 6.07) is 1.95. The van der Waals surface area contributed by atoms with E-state index in [4.69, 9.17) is 15.7 Å². The van der Waals surface area contributed by atoms with Crippen molar-refractivity contribution in [3.63, 3.8) is 0 Å². The van der Waals surface area contributed by atoms with Gasteiger partial charge in [-0.2, -0.15) is 5.26 Å². The minimum Gasteiger partial charge on any atom is -0.428 e. The first kappa shape index (κ1) is 11.8. The van der Waals surface area contributed by atoms with E-state index < -0.39 is 11.7 Å². The van der Waals surface area contributed by atoms with Crippen LogP contribution in [0.5, 0.6) is 0 Å². The zero-order valence-electron chi connectivity index (χ0n) is 8.17. The lowest BCUT2D eigenvalue weighted by molar-refractivity contribution is 0.0644. The second-order valence-electron chi connectivity index (χ2n) is 3.22. The Morgan fingerprint density at radius 2 is 2.23 bits per heavy atom. The van der Waals surface area contributed by atoms with E-state index in [9.17, 15) is 4.79 Å². The van der Waals surface area contributed by atoms with Gasteiger partial charge < -0.3 is 10.5 Å². The molecule has 74 valence electrons. The summed E-state index contributed by atoms with van der Waals surface area (Å²) in [6.07, 6.45) is 2.62. The van der Waals surface area contributed by atoms with E-state index in [2.05, 4.69) is 6.92 Å². The quantitative estimate of drug-likeness (QED) is 0.663. The number of nitrogens with two attached hydrogens (primary N) is 1. The molecule has 13 heavy (non-hydrogen) atoms. The van der Waals surface area contributed by atoms with Crippen molar-refractivity contribution < 1.29 is 9.53 Å². The molecule has 0 heterocycles. The Hall–Kier alpha value is -1.24. The lowest BCUT2D eigenvalue weighted by Gasteiger charge is -2.20. The molecule has 0 aromatic rings. The van der Waals surface area contributed by atoms with Crippen molar-refractivity contribution >= 4 is 6.09 Å². The highest BCUT2D eigenvalue weighted by Gasteiger charge is 2.26. The van der Waals surface area contributed by atoms with E-state index in [0.717, 1.165) is 19.3 Å². The van der Waals surface area contributed by atoms with E-state index >= 15 is 0 Å². The maximum atomic E-state index is 10.5. The highest BCUT2D eigenvalue weighted by atomic mass is 16.6. The van der Waals surface area contributed by atoms with Crippen LogP contribution in [0.3, 0.4) is 0 Å². The number of amides is 1. The van der Waals surface area contributed by atoms with Crippen molar-refractivity contribution in [2.75, 3.05) is 0 Å². The van der Waals surface area contributed by atoms with Gasteiger partial charge in [0, 0.05) is 6.42 Å². The largest absolute Gasteiger partial charge is 0.428 e. The first-order chi connectivity index (χ1) is 6.04. The van der Waals surface area contributed by atoms with Gasteiger partial charge in [-0.25, -0.2) is 4.79 Å². The third kappa shape index (κ3) is 5.07. The van der Waals surface area contributed by atoms with Crippen LogP contribution in [-0.2, 0) is 4.74 Å². The second kappa shape index (κ2) is 5.41. The molecule has 4 nitrogen and oxygen atoms in total. The molecule has 0 rings (SSSR count). The van der Waals surface area contributed by atoms with Crippen LogP contribution in [-0.4, -0.2) is 11.7 Å². The van der Waals surface area contributed by atoms with Crippen LogP contribution in [0.25, 0.3) is 0 Å². The predicted molar refractivity (Wildman–Crippen MR) is 48.8 cm³/mol. The Morgan fingerprint density at radius 1 is 1.62 bits per heavy atom. The van der Waals surface area contributed by atoms with Gasteiger partial charge in [-0.3, -0.25) is 0 Å². The fraction of sp³-hybridized carbons (Fsp3) is 0.778. The monoisotopic (exact) mass is 184 g/mol. The standard InChI is InChI=1S/C9H16N2O2/c1-3-4-5-6-9(2,7-10)13-8(11)12/h3-6H2,1-2H3,(H2,11,12). The number of hydrogen-bond donors (Lipinski definition) is 1. The minimum atomic E-state index is -1.05. The Kier molecular flexibility index (Phi) is 4.90. The summed E-state index contributed by atoms with van der Waals surface area (Å²) in [5.74, 6) is 0. The molecule has 4 heteroatoms. The number of hydrogen-bond acceptors (Lipinski definition) is 3. The predicted octanol–water partition coefficient (Wildman–Crippen LogP) is 1.94. The Labute approximate surface area is 78.7 Å². The molecule has 0 aromatic carbocycles. The summed E-state index contributed by atoms with van der Waals surface area (Å²) in [7, 11) is 0. The SMILES string of the molecule is CCCCCC(C)(C#N)OC(N)=O. The van der Waals surface area contributed by atoms with Crippen LogP contribution in [0.15, 0.2) is 0 Å². The number of primary amides is 1. The Bertz CT molecular complexity index is 210. The van der Waals surface area contributed by atoms with Crippen LogP contribution < -0.4 is 5.73 Å². The van der Waals surface area contributed by atoms with Crippen molar-refractivity contribution in [1.82, 2.24) is 0 Å². The molecule has 1 amide bonds. The molecule has 1 unspecified atom stereocenters. The van der Waals surface area contributed by atoms with Crippen LogP contribution in [0, 0.1) is 11.3 Å². The van der Waals surface area contributed by atoms with Gasteiger partial charge in [0.2, 0.25) is 0 Å². The lowest BCUT2D eigenvalue weighted by atomic mass is 10.00. The van der Waals surface area contributed by atoms with Crippen LogP contribution in [0.4, 0.5) is 4.79 Å². The number of nitriles is 1. The van der Waals surface area contributed by atoms with E-state index in [-0.39, 0.29) is 0 Å². The summed E-state index contributed by atoms with van der Waals surface area (Å²) < 4.78 is 4.71. The van der Waals surface area contributed by atoms with E-state index in [1.165, 1.54) is 0 Å². The zero-order valence-corrected chi connectivity index (χ0v) is 8.17. The first-order valence-electron chi connectivity index (χ1n) is 4.44. The average molecular weight is 184 g/mol. The van der Waals surface area contributed by atoms with Crippen LogP contribution >= 0.6 is 0 Å². The molecule has 0 bridgehead atoms. The normalized spacial score (nSPS) is 14.2. The van der Waals surface area contributed by atoms with Crippen molar-refractivity contribution in [2.45, 2.75) is 45.1 Å². The number of carbonyl (C=O) groups excluding carboxylic acids is 1. The summed E-state index contributed by atoms with van der Waals surface area (Å²) in [5, 5.41) is 8.75. The number of carbonyl (C=O) groups is 1. The molecule has 0 aliphatic rings. The maximum absolute atomic E-state index is 10.5. The van der Waals surface area contributed by atoms with Crippen LogP contribution in [0.1, 0.15) is 39.5 Å². The lowest BCUT2D eigenvalue weighted by Crippen LogP contribution is -2.32. The number of ether oxygens (including phenoxy) is 1. The molecular weight excluding hydrogens is 168 g/mol. The molecule has 0 radical (unpaired) electrons. The molecule has 0 saturated heterocycles. The van der Waals surface area contributed by atoms with Crippen molar-refractivity contribution in [1.29, 1.82) is 5.26 Å². The molecule has 1 atom stereocenters. The molecule has 0 saturated carbocycles. The smallest absolute Gasteiger partial charge is 0.406 e. The molecular formula is C9H16N2O2. The van der Waals surface area contributed by atoms with Gasteiger partial charge in [-0.1, -0.05) is 19.8 Å². The molecule has 0 aliphatic heterocycles. The Morgan fingerprint density at radius 3 is 2.62 bits per heavy atom. The molecule has 0 aromatic heterocycles. The van der Waals surface area contributed by atoms with E-state index in [0.29, 0.717) is 6.42 Å². The van der Waals surface area contributed by atoms with Crippen molar-refractivity contribution in [2.24, 2.45) is 5.73 Å². The highest BCUT2D eigenvalue weighted by molar-refractivity contribution is 5.65. The number of rotatable bonds is 5. The third-order valence-corrected chi connectivity index (χ3v) is 1.82. The van der Waals surface area contributed by atoms with Gasteiger partial charge in [0.15, 0.2) is 5.60 Å². The van der Waals surface area contributed by atoms with Crippen molar-refractivity contribution in [3.8, 4) is 6.07 Å². The first-order valence-corrected chi connectivity index (χ1v) is 4.44. The second-order valence-corrected chi connectivity index (χ2v) is 3.22. The van der Waals surface area contributed by atoms with Crippen LogP contribution in [0.2, 0.25) is 0 Å². The Balaban J connectivity index is 3.98. The third-order valence-electron chi connectivity index (χ3n) is 1.82. The molecule has 0 spiro atoms. The van der Waals surface area contributed by atoms with Gasteiger partial charge in [-0.05, 0) is 13.3 Å².